The Labute approximate surface area is 117 Å². The van der Waals surface area contributed by atoms with Gasteiger partial charge in [-0.15, -0.1) is 0 Å². The van der Waals surface area contributed by atoms with Gasteiger partial charge in [0, 0.05) is 18.8 Å². The van der Waals surface area contributed by atoms with Crippen LogP contribution in [0, 0.1) is 15.5 Å². The van der Waals surface area contributed by atoms with Crippen molar-refractivity contribution in [1.29, 1.82) is 0 Å². The molecule has 1 heterocycles. The molecule has 1 saturated carbocycles. The van der Waals surface area contributed by atoms with Crippen LogP contribution in [-0.4, -0.2) is 15.2 Å². The van der Waals surface area contributed by atoms with Crippen molar-refractivity contribution in [2.24, 2.45) is 5.41 Å². The Hall–Kier alpha value is -1.30. The van der Waals surface area contributed by atoms with Gasteiger partial charge in [-0.2, -0.15) is 12.6 Å². The maximum absolute atomic E-state index is 11.4. The Morgan fingerprint density at radius 1 is 1.37 bits per heavy atom. The second-order valence-electron chi connectivity index (χ2n) is 5.34. The van der Waals surface area contributed by atoms with E-state index in [1.807, 2.05) is 0 Å². The lowest BCUT2D eigenvalue weighted by Gasteiger charge is -2.36. The second kappa shape index (κ2) is 5.77. The minimum Gasteiger partial charge on any atom is -0.347 e. The van der Waals surface area contributed by atoms with Gasteiger partial charge in [0.05, 0.1) is 11.1 Å². The van der Waals surface area contributed by atoms with Gasteiger partial charge in [0.15, 0.2) is 0 Å². The topological polar surface area (TPSA) is 65.1 Å². The molecule has 5 nitrogen and oxygen atoms in total. The number of hydrogen-bond donors (Lipinski definition) is 1. The van der Waals surface area contributed by atoms with E-state index < -0.39 is 10.4 Å². The largest absolute Gasteiger partial charge is 0.347 e. The highest BCUT2D eigenvalue weighted by Crippen LogP contribution is 2.38. The predicted octanol–water partition coefficient (Wildman–Crippen LogP) is 2.64. The lowest BCUT2D eigenvalue weighted by molar-refractivity contribution is -0.386. The molecule has 1 aromatic rings. The van der Waals surface area contributed by atoms with E-state index in [-0.39, 0.29) is 11.1 Å². The first-order chi connectivity index (χ1) is 9.06. The smallest absolute Gasteiger partial charge is 0.332 e. The molecule has 0 unspecified atom stereocenters. The van der Waals surface area contributed by atoms with Gasteiger partial charge in [-0.1, -0.05) is 19.3 Å². The predicted molar refractivity (Wildman–Crippen MR) is 76.7 cm³/mol. The molecule has 1 aromatic heterocycles. The standard InChI is InChI=1S/C13H18N2O3S/c16-12-4-7-14(8-11(12)15(17)18)9-13(10-19)5-2-1-3-6-13/h4,7-8,19H,1-3,5-6,9-10H2. The molecule has 0 aliphatic heterocycles. The fourth-order valence-corrected chi connectivity index (χ4v) is 3.22. The summed E-state index contributed by atoms with van der Waals surface area (Å²) in [7, 11) is 0. The molecule has 0 bridgehead atoms. The lowest BCUT2D eigenvalue weighted by Crippen LogP contribution is -2.31. The third-order valence-corrected chi connectivity index (χ3v) is 4.59. The van der Waals surface area contributed by atoms with Crippen LogP contribution >= 0.6 is 12.6 Å². The van der Waals surface area contributed by atoms with Crippen LogP contribution < -0.4 is 5.43 Å². The fraction of sp³-hybridized carbons (Fsp3) is 0.615. The zero-order valence-corrected chi connectivity index (χ0v) is 11.6. The monoisotopic (exact) mass is 282 g/mol. The van der Waals surface area contributed by atoms with Crippen LogP contribution in [0.1, 0.15) is 32.1 Å². The zero-order valence-electron chi connectivity index (χ0n) is 10.7. The van der Waals surface area contributed by atoms with Gasteiger partial charge in [0.25, 0.3) is 5.43 Å². The number of nitro groups is 1. The van der Waals surface area contributed by atoms with E-state index in [4.69, 9.17) is 0 Å². The summed E-state index contributed by atoms with van der Waals surface area (Å²) in [4.78, 5) is 21.6. The summed E-state index contributed by atoms with van der Waals surface area (Å²) >= 11 is 4.46. The van der Waals surface area contributed by atoms with E-state index in [9.17, 15) is 14.9 Å². The number of thiol groups is 1. The molecule has 1 aliphatic rings. The zero-order chi connectivity index (χ0) is 13.9. The minimum atomic E-state index is -0.618. The van der Waals surface area contributed by atoms with Gasteiger partial charge in [-0.3, -0.25) is 14.9 Å². The molecule has 0 N–H and O–H groups in total. The first kappa shape index (κ1) is 14.1. The maximum Gasteiger partial charge on any atom is 0.332 e. The molecule has 19 heavy (non-hydrogen) atoms. The normalized spacial score (nSPS) is 18.2. The van der Waals surface area contributed by atoms with Crippen molar-refractivity contribution in [1.82, 2.24) is 4.57 Å². The summed E-state index contributed by atoms with van der Waals surface area (Å²) in [6, 6.07) is 1.27. The van der Waals surface area contributed by atoms with Gasteiger partial charge < -0.3 is 4.57 Å². The van der Waals surface area contributed by atoms with Crippen LogP contribution in [-0.2, 0) is 6.54 Å². The third-order valence-electron chi connectivity index (χ3n) is 3.92. The van der Waals surface area contributed by atoms with Crippen molar-refractivity contribution in [3.05, 3.63) is 38.8 Å². The first-order valence-corrected chi connectivity index (χ1v) is 7.15. The van der Waals surface area contributed by atoms with Gasteiger partial charge in [0.2, 0.25) is 0 Å². The van der Waals surface area contributed by atoms with Gasteiger partial charge in [-0.05, 0) is 24.0 Å². The summed E-state index contributed by atoms with van der Waals surface area (Å²) in [6.07, 6.45) is 8.79. The number of hydrogen-bond acceptors (Lipinski definition) is 4. The van der Waals surface area contributed by atoms with Crippen molar-refractivity contribution in [3.8, 4) is 0 Å². The Morgan fingerprint density at radius 2 is 2.05 bits per heavy atom. The molecule has 0 radical (unpaired) electrons. The van der Waals surface area contributed by atoms with Crippen LogP contribution in [0.5, 0.6) is 0 Å². The summed E-state index contributed by atoms with van der Waals surface area (Å²) in [6.45, 7) is 0.692. The van der Waals surface area contributed by atoms with Crippen LogP contribution in [0.25, 0.3) is 0 Å². The molecule has 0 spiro atoms. The van der Waals surface area contributed by atoms with Crippen LogP contribution in [0.4, 0.5) is 5.69 Å². The molecule has 104 valence electrons. The molecule has 6 heteroatoms. The molecular weight excluding hydrogens is 264 g/mol. The molecule has 0 saturated heterocycles. The van der Waals surface area contributed by atoms with E-state index in [1.54, 1.807) is 10.8 Å². The third kappa shape index (κ3) is 3.18. The Balaban J connectivity index is 2.24. The summed E-state index contributed by atoms with van der Waals surface area (Å²) in [5.41, 5.74) is -0.790. The Kier molecular flexibility index (Phi) is 4.29. The van der Waals surface area contributed by atoms with Crippen molar-refractivity contribution in [2.45, 2.75) is 38.6 Å². The highest BCUT2D eigenvalue weighted by Gasteiger charge is 2.31. The molecule has 0 amide bonds. The van der Waals surface area contributed by atoms with Crippen LogP contribution in [0.2, 0.25) is 0 Å². The second-order valence-corrected chi connectivity index (χ2v) is 5.66. The van der Waals surface area contributed by atoms with Crippen LogP contribution in [0.3, 0.4) is 0 Å². The van der Waals surface area contributed by atoms with E-state index in [1.165, 1.54) is 31.5 Å². The van der Waals surface area contributed by atoms with Crippen LogP contribution in [0.15, 0.2) is 23.3 Å². The van der Waals surface area contributed by atoms with Crippen molar-refractivity contribution < 1.29 is 4.92 Å². The first-order valence-electron chi connectivity index (χ1n) is 6.52. The average molecular weight is 282 g/mol. The van der Waals surface area contributed by atoms with E-state index >= 15 is 0 Å². The number of pyridine rings is 1. The summed E-state index contributed by atoms with van der Waals surface area (Å²) in [5.74, 6) is 0.771. The molecular formula is C13H18N2O3S. The highest BCUT2D eigenvalue weighted by molar-refractivity contribution is 7.80. The van der Waals surface area contributed by atoms with Crippen molar-refractivity contribution >= 4 is 18.3 Å². The van der Waals surface area contributed by atoms with E-state index in [2.05, 4.69) is 12.6 Å². The number of nitrogens with zero attached hydrogens (tertiary/aromatic N) is 2. The van der Waals surface area contributed by atoms with Gasteiger partial charge in [-0.25, -0.2) is 0 Å². The van der Waals surface area contributed by atoms with Gasteiger partial charge in [0.1, 0.15) is 0 Å². The summed E-state index contributed by atoms with van der Waals surface area (Å²) < 4.78 is 1.76. The Bertz CT molecular complexity index is 521. The SMILES string of the molecule is O=c1ccn(CC2(CS)CCCCC2)cc1[N+](=O)[O-]. The molecule has 1 aliphatic carbocycles. The lowest BCUT2D eigenvalue weighted by atomic mass is 9.75. The van der Waals surface area contributed by atoms with Crippen molar-refractivity contribution in [3.63, 3.8) is 0 Å². The number of rotatable bonds is 4. The summed E-state index contributed by atoms with van der Waals surface area (Å²) in [5, 5.41) is 10.8. The average Bonchev–Trinajstić information content (AvgIpc) is 2.42. The highest BCUT2D eigenvalue weighted by atomic mass is 32.1. The molecule has 0 atom stereocenters. The molecule has 2 rings (SSSR count). The van der Waals surface area contributed by atoms with E-state index in [0.29, 0.717) is 6.54 Å². The van der Waals surface area contributed by atoms with E-state index in [0.717, 1.165) is 18.6 Å². The Morgan fingerprint density at radius 3 is 2.63 bits per heavy atom. The molecule has 0 aromatic carbocycles. The molecule has 1 fully saturated rings. The minimum absolute atomic E-state index is 0.101. The number of aromatic nitrogens is 1. The quantitative estimate of drug-likeness (QED) is 0.524. The van der Waals surface area contributed by atoms with Crippen molar-refractivity contribution in [2.75, 3.05) is 5.75 Å². The fourth-order valence-electron chi connectivity index (χ4n) is 2.80. The van der Waals surface area contributed by atoms with Gasteiger partial charge >= 0.3 is 5.69 Å². The maximum atomic E-state index is 11.4.